The predicted molar refractivity (Wildman–Crippen MR) is 77.1 cm³/mol. The number of aliphatic hydroxyl groups excluding tert-OH is 1. The van der Waals surface area contributed by atoms with Crippen LogP contribution in [0.2, 0.25) is 0 Å². The maximum absolute atomic E-state index is 11.6. The van der Waals surface area contributed by atoms with Crippen molar-refractivity contribution in [2.75, 3.05) is 27.2 Å². The minimum Gasteiger partial charge on any atom is -0.496 e. The zero-order chi connectivity index (χ0) is 14.4. The molecule has 19 heavy (non-hydrogen) atoms. The summed E-state index contributed by atoms with van der Waals surface area (Å²) in [7, 11) is 3.26. The number of halogens is 1. The highest BCUT2D eigenvalue weighted by Gasteiger charge is 2.17. The number of nitrogens with zero attached hydrogens (tertiary/aromatic N) is 1. The Balaban J connectivity index is 2.57. The molecular formula is C13H19BrN2O3. The van der Waals surface area contributed by atoms with Crippen molar-refractivity contribution >= 4 is 21.8 Å². The number of nitrogens with two attached hydrogens (primary N) is 1. The number of rotatable bonds is 6. The molecule has 0 fully saturated rings. The quantitative estimate of drug-likeness (QED) is 0.808. The van der Waals surface area contributed by atoms with Gasteiger partial charge in [-0.3, -0.25) is 4.79 Å². The highest BCUT2D eigenvalue weighted by Crippen LogP contribution is 2.25. The maximum atomic E-state index is 11.6. The molecule has 1 aromatic rings. The fourth-order valence-corrected chi connectivity index (χ4v) is 2.22. The van der Waals surface area contributed by atoms with E-state index in [4.69, 9.17) is 10.5 Å². The van der Waals surface area contributed by atoms with Crippen LogP contribution in [0.25, 0.3) is 0 Å². The largest absolute Gasteiger partial charge is 0.496 e. The number of aliphatic hydroxyl groups is 1. The first kappa shape index (κ1) is 15.9. The highest BCUT2D eigenvalue weighted by molar-refractivity contribution is 9.10. The van der Waals surface area contributed by atoms with E-state index < -0.39 is 6.10 Å². The first-order valence-corrected chi connectivity index (χ1v) is 6.74. The van der Waals surface area contributed by atoms with Crippen LogP contribution < -0.4 is 10.5 Å². The van der Waals surface area contributed by atoms with Crippen molar-refractivity contribution in [2.24, 2.45) is 5.73 Å². The summed E-state index contributed by atoms with van der Waals surface area (Å²) >= 11 is 3.42. The molecule has 0 heterocycles. The van der Waals surface area contributed by atoms with Gasteiger partial charge in [0, 0.05) is 20.1 Å². The van der Waals surface area contributed by atoms with Gasteiger partial charge >= 0.3 is 0 Å². The summed E-state index contributed by atoms with van der Waals surface area (Å²) in [5.41, 5.74) is 6.33. The van der Waals surface area contributed by atoms with Gasteiger partial charge in [0.1, 0.15) is 11.9 Å². The Morgan fingerprint density at radius 3 is 2.79 bits per heavy atom. The molecular weight excluding hydrogens is 312 g/mol. The minimum absolute atomic E-state index is 0.0583. The molecule has 0 aromatic heterocycles. The topological polar surface area (TPSA) is 75.8 Å². The summed E-state index contributed by atoms with van der Waals surface area (Å²) in [6.45, 7) is 0.464. The normalized spacial score (nSPS) is 12.1. The zero-order valence-electron chi connectivity index (χ0n) is 11.1. The van der Waals surface area contributed by atoms with Crippen molar-refractivity contribution in [2.45, 2.75) is 12.5 Å². The number of benzene rings is 1. The van der Waals surface area contributed by atoms with Crippen LogP contribution >= 0.6 is 15.9 Å². The second-order valence-corrected chi connectivity index (χ2v) is 5.08. The van der Waals surface area contributed by atoms with Crippen molar-refractivity contribution in [3.63, 3.8) is 0 Å². The van der Waals surface area contributed by atoms with Crippen molar-refractivity contribution in [3.05, 3.63) is 28.2 Å². The monoisotopic (exact) mass is 330 g/mol. The van der Waals surface area contributed by atoms with Gasteiger partial charge in [0.05, 0.1) is 11.6 Å². The molecule has 6 heteroatoms. The summed E-state index contributed by atoms with van der Waals surface area (Å²) in [6, 6.07) is 5.77. The summed E-state index contributed by atoms with van der Waals surface area (Å²) in [5, 5.41) is 9.37. The van der Waals surface area contributed by atoms with Crippen molar-refractivity contribution < 1.29 is 14.6 Å². The van der Waals surface area contributed by atoms with Gasteiger partial charge in [-0.25, -0.2) is 0 Å². The lowest BCUT2D eigenvalue weighted by Crippen LogP contribution is -2.41. The van der Waals surface area contributed by atoms with E-state index in [0.717, 1.165) is 15.8 Å². The highest BCUT2D eigenvalue weighted by atomic mass is 79.9. The number of amides is 1. The molecule has 0 spiro atoms. The van der Waals surface area contributed by atoms with Crippen LogP contribution in [-0.2, 0) is 11.2 Å². The minimum atomic E-state index is -1.12. The Hall–Kier alpha value is -1.11. The number of carbonyl (C=O) groups excluding carboxylic acids is 1. The van der Waals surface area contributed by atoms with Gasteiger partial charge in [0.2, 0.25) is 0 Å². The molecule has 5 nitrogen and oxygen atoms in total. The molecule has 0 radical (unpaired) electrons. The molecule has 3 N–H and O–H groups in total. The third-order valence-corrected chi connectivity index (χ3v) is 3.46. The van der Waals surface area contributed by atoms with Crippen molar-refractivity contribution in [3.8, 4) is 5.75 Å². The van der Waals surface area contributed by atoms with E-state index in [2.05, 4.69) is 15.9 Å². The number of ether oxygens (including phenoxy) is 1. The van der Waals surface area contributed by atoms with E-state index in [1.165, 1.54) is 4.90 Å². The van der Waals surface area contributed by atoms with Gasteiger partial charge < -0.3 is 20.5 Å². The third kappa shape index (κ3) is 4.49. The second kappa shape index (κ2) is 7.47. The van der Waals surface area contributed by atoms with Crippen LogP contribution in [0.4, 0.5) is 0 Å². The fraction of sp³-hybridized carbons (Fsp3) is 0.462. The van der Waals surface area contributed by atoms with E-state index in [1.807, 2.05) is 18.2 Å². The predicted octanol–water partition coefficient (Wildman–Crippen LogP) is 0.778. The molecule has 0 aliphatic heterocycles. The lowest BCUT2D eigenvalue weighted by Gasteiger charge is -2.20. The molecule has 0 bridgehead atoms. The Bertz CT molecular complexity index is 440. The van der Waals surface area contributed by atoms with Crippen LogP contribution in [0.5, 0.6) is 5.75 Å². The van der Waals surface area contributed by atoms with Gasteiger partial charge in [-0.2, -0.15) is 0 Å². The van der Waals surface area contributed by atoms with Gasteiger partial charge in [-0.1, -0.05) is 6.07 Å². The number of methoxy groups -OCH3 is 1. The number of hydrogen-bond acceptors (Lipinski definition) is 4. The molecule has 0 saturated carbocycles. The van der Waals surface area contributed by atoms with E-state index in [0.29, 0.717) is 13.0 Å². The Morgan fingerprint density at radius 1 is 1.58 bits per heavy atom. The summed E-state index contributed by atoms with van der Waals surface area (Å²) in [6.07, 6.45) is -0.421. The van der Waals surface area contributed by atoms with Crippen LogP contribution in [0.3, 0.4) is 0 Å². The molecule has 106 valence electrons. The molecule has 1 amide bonds. The lowest BCUT2D eigenvalue weighted by molar-refractivity contribution is -0.138. The van der Waals surface area contributed by atoms with Crippen LogP contribution in [0, 0.1) is 0 Å². The molecule has 1 aromatic carbocycles. The average molecular weight is 331 g/mol. The molecule has 0 aliphatic carbocycles. The fourth-order valence-electron chi connectivity index (χ4n) is 1.63. The standard InChI is InChI=1S/C13H19BrN2O3/c1-16(13(18)11(17)8-15)6-5-9-3-4-12(19-2)10(14)7-9/h3-4,7,11,17H,5-6,8,15H2,1-2H3. The molecule has 0 aliphatic rings. The van der Waals surface area contributed by atoms with Crippen molar-refractivity contribution in [1.29, 1.82) is 0 Å². The van der Waals surface area contributed by atoms with E-state index in [9.17, 15) is 9.90 Å². The van der Waals surface area contributed by atoms with Gasteiger partial charge in [0.25, 0.3) is 5.91 Å². The average Bonchev–Trinajstić information content (AvgIpc) is 2.43. The molecule has 0 saturated heterocycles. The van der Waals surface area contributed by atoms with Gasteiger partial charge in [-0.15, -0.1) is 0 Å². The summed E-state index contributed by atoms with van der Waals surface area (Å²) in [4.78, 5) is 13.1. The first-order chi connectivity index (χ1) is 8.99. The van der Waals surface area contributed by atoms with Gasteiger partial charge in [0.15, 0.2) is 0 Å². The molecule has 1 atom stereocenters. The number of likely N-dealkylation sites (N-methyl/N-ethyl adjacent to an activating group) is 1. The maximum Gasteiger partial charge on any atom is 0.252 e. The van der Waals surface area contributed by atoms with Crippen LogP contribution in [0.15, 0.2) is 22.7 Å². The van der Waals surface area contributed by atoms with Crippen LogP contribution in [-0.4, -0.2) is 49.3 Å². The van der Waals surface area contributed by atoms with Crippen LogP contribution in [0.1, 0.15) is 5.56 Å². The Morgan fingerprint density at radius 2 is 2.26 bits per heavy atom. The SMILES string of the molecule is COc1ccc(CCN(C)C(=O)C(O)CN)cc1Br. The first-order valence-electron chi connectivity index (χ1n) is 5.95. The van der Waals surface area contributed by atoms with Gasteiger partial charge in [-0.05, 0) is 40.0 Å². The lowest BCUT2D eigenvalue weighted by atomic mass is 10.1. The summed E-state index contributed by atoms with van der Waals surface area (Å²) < 4.78 is 6.03. The van der Waals surface area contributed by atoms with Crippen molar-refractivity contribution in [1.82, 2.24) is 4.90 Å². The Labute approximate surface area is 121 Å². The third-order valence-electron chi connectivity index (χ3n) is 2.84. The Kier molecular flexibility index (Phi) is 6.27. The van der Waals surface area contributed by atoms with E-state index in [-0.39, 0.29) is 12.5 Å². The number of carbonyl (C=O) groups is 1. The zero-order valence-corrected chi connectivity index (χ0v) is 12.7. The molecule has 1 rings (SSSR count). The molecule has 1 unspecified atom stereocenters. The smallest absolute Gasteiger partial charge is 0.252 e. The van der Waals surface area contributed by atoms with E-state index >= 15 is 0 Å². The summed E-state index contributed by atoms with van der Waals surface area (Å²) in [5.74, 6) is 0.418. The number of hydrogen-bond donors (Lipinski definition) is 2. The van der Waals surface area contributed by atoms with E-state index in [1.54, 1.807) is 14.2 Å². The second-order valence-electron chi connectivity index (χ2n) is 4.23.